The Bertz CT molecular complexity index is 870. The maximum absolute atomic E-state index is 11.3. The molecule has 0 fully saturated rings. The molecule has 2 aromatic rings. The fourth-order valence-corrected chi connectivity index (χ4v) is 3.23. The highest BCUT2D eigenvalue weighted by molar-refractivity contribution is 7.90. The van der Waals surface area contributed by atoms with Gasteiger partial charge in [-0.15, -0.1) is 0 Å². The number of aliphatic imine (C=N–C) groups is 1. The number of benzene rings is 1. The Balaban J connectivity index is 1.83. The molecule has 0 spiro atoms. The molecular formula is C20H28N4O3S. The Morgan fingerprint density at radius 1 is 1.21 bits per heavy atom. The zero-order valence-corrected chi connectivity index (χ0v) is 17.4. The van der Waals surface area contributed by atoms with E-state index in [4.69, 9.17) is 4.74 Å². The van der Waals surface area contributed by atoms with E-state index in [1.807, 2.05) is 49.4 Å². The van der Waals surface area contributed by atoms with Crippen molar-refractivity contribution >= 4 is 15.8 Å². The third kappa shape index (κ3) is 8.39. The molecule has 0 amide bonds. The van der Waals surface area contributed by atoms with Crippen molar-refractivity contribution in [3.05, 3.63) is 59.8 Å². The lowest BCUT2D eigenvalue weighted by Crippen LogP contribution is -2.42. The van der Waals surface area contributed by atoms with E-state index in [1.165, 1.54) is 6.26 Å². The summed E-state index contributed by atoms with van der Waals surface area (Å²) in [4.78, 5) is 8.43. The van der Waals surface area contributed by atoms with Crippen LogP contribution < -0.4 is 15.4 Å². The van der Waals surface area contributed by atoms with E-state index >= 15 is 0 Å². The molecule has 1 aromatic carbocycles. The summed E-state index contributed by atoms with van der Waals surface area (Å²) in [5, 5.41) is 6.42. The minimum absolute atomic E-state index is 0.0110. The molecule has 0 aliphatic carbocycles. The van der Waals surface area contributed by atoms with Gasteiger partial charge in [0.1, 0.15) is 16.4 Å². The van der Waals surface area contributed by atoms with Gasteiger partial charge in [0.05, 0.1) is 5.75 Å². The van der Waals surface area contributed by atoms with Crippen molar-refractivity contribution in [2.24, 2.45) is 4.99 Å². The number of hydrogen-bond donors (Lipinski definition) is 2. The molecule has 0 saturated carbocycles. The number of ether oxygens (including phenoxy) is 1. The van der Waals surface area contributed by atoms with E-state index in [0.717, 1.165) is 11.1 Å². The van der Waals surface area contributed by atoms with E-state index in [2.05, 4.69) is 20.6 Å². The summed E-state index contributed by atoms with van der Waals surface area (Å²) in [6.45, 7) is 2.94. The summed E-state index contributed by atoms with van der Waals surface area (Å²) in [6, 6.07) is 13.7. The maximum atomic E-state index is 11.3. The van der Waals surface area contributed by atoms with Crippen LogP contribution in [0.1, 0.15) is 24.5 Å². The van der Waals surface area contributed by atoms with Crippen LogP contribution in [-0.4, -0.2) is 44.5 Å². The summed E-state index contributed by atoms with van der Waals surface area (Å²) in [6.07, 6.45) is 3.47. The van der Waals surface area contributed by atoms with Crippen LogP contribution in [0.2, 0.25) is 0 Å². The Kier molecular flexibility index (Phi) is 8.25. The Labute approximate surface area is 167 Å². The molecule has 2 rings (SSSR count). The third-order valence-corrected chi connectivity index (χ3v) is 4.99. The second-order valence-electron chi connectivity index (χ2n) is 6.67. The fourth-order valence-electron chi connectivity index (χ4n) is 2.45. The smallest absolute Gasteiger partial charge is 0.213 e. The molecule has 0 aliphatic rings. The lowest BCUT2D eigenvalue weighted by atomic mass is 10.2. The van der Waals surface area contributed by atoms with Crippen LogP contribution in [-0.2, 0) is 23.0 Å². The minimum atomic E-state index is -2.97. The molecule has 1 atom stereocenters. The predicted molar refractivity (Wildman–Crippen MR) is 112 cm³/mol. The van der Waals surface area contributed by atoms with Crippen LogP contribution in [0.25, 0.3) is 0 Å². The average molecular weight is 405 g/mol. The molecule has 0 bridgehead atoms. The standard InChI is InChI=1S/C20H28N4O3S/c1-16(10-12-28(3,25)26)24-20(21-2)23-14-18-9-11-22-19(13-18)27-15-17-7-5-4-6-8-17/h4-9,11,13,16H,10,12,14-15H2,1-3H3,(H2,21,23,24). The van der Waals surface area contributed by atoms with Crippen LogP contribution in [0.5, 0.6) is 5.88 Å². The number of guanidine groups is 1. The van der Waals surface area contributed by atoms with Crippen molar-refractivity contribution in [2.75, 3.05) is 19.1 Å². The first-order chi connectivity index (χ1) is 13.4. The molecule has 0 radical (unpaired) electrons. The summed E-state index contributed by atoms with van der Waals surface area (Å²) >= 11 is 0. The van der Waals surface area contributed by atoms with Gasteiger partial charge in [0.2, 0.25) is 5.88 Å². The molecule has 7 nitrogen and oxygen atoms in total. The number of hydrogen-bond acceptors (Lipinski definition) is 5. The molecule has 0 aliphatic heterocycles. The molecule has 2 N–H and O–H groups in total. The number of pyridine rings is 1. The number of aromatic nitrogens is 1. The zero-order valence-electron chi connectivity index (χ0n) is 16.6. The Morgan fingerprint density at radius 3 is 2.64 bits per heavy atom. The van der Waals surface area contributed by atoms with E-state index in [0.29, 0.717) is 31.4 Å². The molecule has 152 valence electrons. The number of rotatable bonds is 9. The molecule has 1 aromatic heterocycles. The van der Waals surface area contributed by atoms with Crippen molar-refractivity contribution in [1.29, 1.82) is 0 Å². The van der Waals surface area contributed by atoms with Gasteiger partial charge in [-0.3, -0.25) is 4.99 Å². The van der Waals surface area contributed by atoms with Gasteiger partial charge in [0.25, 0.3) is 0 Å². The second kappa shape index (κ2) is 10.7. The normalized spacial score (nSPS) is 13.0. The van der Waals surface area contributed by atoms with Gasteiger partial charge in [-0.25, -0.2) is 13.4 Å². The second-order valence-corrected chi connectivity index (χ2v) is 8.93. The zero-order chi connectivity index (χ0) is 20.4. The van der Waals surface area contributed by atoms with Crippen LogP contribution in [0.3, 0.4) is 0 Å². The van der Waals surface area contributed by atoms with Crippen LogP contribution in [0.4, 0.5) is 0 Å². The quantitative estimate of drug-likeness (QED) is 0.491. The number of nitrogens with zero attached hydrogens (tertiary/aromatic N) is 2. The van der Waals surface area contributed by atoms with Crippen molar-refractivity contribution in [3.8, 4) is 5.88 Å². The summed E-state index contributed by atoms with van der Waals surface area (Å²) in [7, 11) is -1.29. The summed E-state index contributed by atoms with van der Waals surface area (Å²) < 4.78 is 28.3. The SMILES string of the molecule is CN=C(NCc1ccnc(OCc2ccccc2)c1)NC(C)CCS(C)(=O)=O. The van der Waals surface area contributed by atoms with E-state index < -0.39 is 9.84 Å². The highest BCUT2D eigenvalue weighted by Gasteiger charge is 2.09. The molecule has 8 heteroatoms. The fraction of sp³-hybridized carbons (Fsp3) is 0.400. The minimum Gasteiger partial charge on any atom is -0.473 e. The Morgan fingerprint density at radius 2 is 1.96 bits per heavy atom. The largest absolute Gasteiger partial charge is 0.473 e. The van der Waals surface area contributed by atoms with Gasteiger partial charge in [-0.1, -0.05) is 30.3 Å². The Hall–Kier alpha value is -2.61. The first-order valence-electron chi connectivity index (χ1n) is 9.12. The summed E-state index contributed by atoms with van der Waals surface area (Å²) in [5.41, 5.74) is 2.09. The maximum Gasteiger partial charge on any atom is 0.213 e. The van der Waals surface area contributed by atoms with E-state index in [-0.39, 0.29) is 11.8 Å². The van der Waals surface area contributed by atoms with Gasteiger partial charge in [0.15, 0.2) is 5.96 Å². The number of sulfone groups is 1. The van der Waals surface area contributed by atoms with Gasteiger partial charge < -0.3 is 15.4 Å². The topological polar surface area (TPSA) is 92.7 Å². The molecule has 1 heterocycles. The van der Waals surface area contributed by atoms with Gasteiger partial charge in [-0.05, 0) is 30.5 Å². The third-order valence-electron chi connectivity index (χ3n) is 4.02. The monoisotopic (exact) mass is 404 g/mol. The van der Waals surface area contributed by atoms with E-state index in [1.54, 1.807) is 13.2 Å². The van der Waals surface area contributed by atoms with Crippen molar-refractivity contribution < 1.29 is 13.2 Å². The average Bonchev–Trinajstić information content (AvgIpc) is 2.68. The molecule has 1 unspecified atom stereocenters. The van der Waals surface area contributed by atoms with Crippen molar-refractivity contribution in [2.45, 2.75) is 32.5 Å². The van der Waals surface area contributed by atoms with Crippen LogP contribution in [0.15, 0.2) is 53.7 Å². The molecule has 28 heavy (non-hydrogen) atoms. The van der Waals surface area contributed by atoms with Crippen LogP contribution >= 0.6 is 0 Å². The van der Waals surface area contributed by atoms with E-state index in [9.17, 15) is 8.42 Å². The van der Waals surface area contributed by atoms with Crippen LogP contribution in [0, 0.1) is 0 Å². The number of nitrogens with one attached hydrogen (secondary N) is 2. The van der Waals surface area contributed by atoms with Gasteiger partial charge in [-0.2, -0.15) is 0 Å². The van der Waals surface area contributed by atoms with Crippen molar-refractivity contribution in [1.82, 2.24) is 15.6 Å². The first-order valence-corrected chi connectivity index (χ1v) is 11.2. The highest BCUT2D eigenvalue weighted by atomic mass is 32.2. The predicted octanol–water partition coefficient (Wildman–Crippen LogP) is 2.15. The first kappa shape index (κ1) is 21.7. The van der Waals surface area contributed by atoms with Crippen molar-refractivity contribution in [3.63, 3.8) is 0 Å². The molecule has 0 saturated heterocycles. The lowest BCUT2D eigenvalue weighted by molar-refractivity contribution is 0.293. The summed E-state index contributed by atoms with van der Waals surface area (Å²) in [5.74, 6) is 1.32. The highest BCUT2D eigenvalue weighted by Crippen LogP contribution is 2.11. The lowest BCUT2D eigenvalue weighted by Gasteiger charge is -2.17. The van der Waals surface area contributed by atoms with Gasteiger partial charge in [0, 0.05) is 38.2 Å². The molecular weight excluding hydrogens is 376 g/mol. The van der Waals surface area contributed by atoms with Gasteiger partial charge >= 0.3 is 0 Å².